The zero-order valence-electron chi connectivity index (χ0n) is 20.4. The van der Waals surface area contributed by atoms with E-state index in [4.69, 9.17) is 14.2 Å². The van der Waals surface area contributed by atoms with Gasteiger partial charge in [0.05, 0.1) is 30.0 Å². The fraction of sp³-hybridized carbons (Fsp3) is 0.654. The van der Waals surface area contributed by atoms with Gasteiger partial charge in [-0.1, -0.05) is 18.2 Å². The van der Waals surface area contributed by atoms with Gasteiger partial charge in [0.2, 0.25) is 0 Å². The van der Waals surface area contributed by atoms with Crippen molar-refractivity contribution in [3.63, 3.8) is 0 Å². The summed E-state index contributed by atoms with van der Waals surface area (Å²) in [6.45, 7) is 3.33. The van der Waals surface area contributed by atoms with Crippen molar-refractivity contribution in [3.05, 3.63) is 42.0 Å². The van der Waals surface area contributed by atoms with Crippen molar-refractivity contribution in [3.8, 4) is 5.75 Å². The largest absolute Gasteiger partial charge is 0.491 e. The molecule has 2 fully saturated rings. The van der Waals surface area contributed by atoms with E-state index in [0.29, 0.717) is 25.7 Å². The highest BCUT2D eigenvalue weighted by Gasteiger charge is 2.57. The number of carbonyl (C=O) groups excluding carboxylic acids is 1. The van der Waals surface area contributed by atoms with Crippen molar-refractivity contribution < 1.29 is 47.5 Å². The van der Waals surface area contributed by atoms with E-state index >= 15 is 0 Å². The molecule has 0 aromatic heterocycles. The number of aliphatic hydroxyl groups excluding tert-OH is 3. The van der Waals surface area contributed by atoms with Gasteiger partial charge in [-0.2, -0.15) is 13.2 Å². The molecule has 1 heterocycles. The molecule has 1 saturated carbocycles. The number of halogens is 3. The highest BCUT2D eigenvalue weighted by Crippen LogP contribution is 2.46. The van der Waals surface area contributed by atoms with E-state index in [1.165, 1.54) is 12.1 Å². The molecule has 36 heavy (non-hydrogen) atoms. The SMILES string of the molecule is CC(C)OC(=O)CCC/C=C\C[C@H]1[C@H]([C@@H]2OC2[C@H](O)COc2cccc(C(F)(F)F)c2)[C@@H](O)C[C@H]1O. The maximum Gasteiger partial charge on any atom is 0.416 e. The lowest BCUT2D eigenvalue weighted by Crippen LogP contribution is -2.32. The van der Waals surface area contributed by atoms with Crippen molar-refractivity contribution >= 4 is 5.97 Å². The first-order valence-corrected chi connectivity index (χ1v) is 12.3. The summed E-state index contributed by atoms with van der Waals surface area (Å²) in [7, 11) is 0. The lowest BCUT2D eigenvalue weighted by molar-refractivity contribution is -0.147. The van der Waals surface area contributed by atoms with Crippen LogP contribution in [-0.4, -0.2) is 64.5 Å². The molecule has 3 rings (SSSR count). The molecule has 0 amide bonds. The number of hydrogen-bond donors (Lipinski definition) is 3. The Hall–Kier alpha value is -2.14. The maximum absolute atomic E-state index is 12.9. The van der Waals surface area contributed by atoms with E-state index in [-0.39, 0.29) is 42.7 Å². The predicted molar refractivity (Wildman–Crippen MR) is 124 cm³/mol. The van der Waals surface area contributed by atoms with E-state index < -0.39 is 42.3 Å². The van der Waals surface area contributed by atoms with Crippen LogP contribution in [0.3, 0.4) is 0 Å². The van der Waals surface area contributed by atoms with Crippen molar-refractivity contribution in [1.29, 1.82) is 0 Å². The average Bonchev–Trinajstić information content (AvgIpc) is 3.52. The number of carbonyl (C=O) groups is 1. The van der Waals surface area contributed by atoms with Crippen LogP contribution in [0.1, 0.15) is 51.5 Å². The van der Waals surface area contributed by atoms with Gasteiger partial charge in [0.15, 0.2) is 0 Å². The lowest BCUT2D eigenvalue weighted by atomic mass is 9.86. The van der Waals surface area contributed by atoms with Crippen LogP contribution in [0.15, 0.2) is 36.4 Å². The van der Waals surface area contributed by atoms with Crippen LogP contribution in [0, 0.1) is 11.8 Å². The molecule has 1 aliphatic heterocycles. The minimum absolute atomic E-state index is 0.0159. The minimum atomic E-state index is -4.49. The number of epoxide rings is 1. The summed E-state index contributed by atoms with van der Waals surface area (Å²) in [5, 5.41) is 31.4. The quantitative estimate of drug-likeness (QED) is 0.168. The van der Waals surface area contributed by atoms with Gasteiger partial charge in [-0.05, 0) is 63.6 Å². The van der Waals surface area contributed by atoms with Crippen LogP contribution in [0.4, 0.5) is 13.2 Å². The Morgan fingerprint density at radius 3 is 2.67 bits per heavy atom. The Kier molecular flexibility index (Phi) is 9.79. The Bertz CT molecular complexity index is 889. The molecule has 7 nitrogen and oxygen atoms in total. The normalized spacial score (nSPS) is 29.0. The first kappa shape index (κ1) is 28.4. The highest BCUT2D eigenvalue weighted by molar-refractivity contribution is 5.69. The number of unbranched alkanes of at least 4 members (excludes halogenated alkanes) is 1. The number of benzene rings is 1. The zero-order chi connectivity index (χ0) is 26.5. The van der Waals surface area contributed by atoms with Gasteiger partial charge >= 0.3 is 12.1 Å². The number of esters is 1. The predicted octanol–water partition coefficient (Wildman–Crippen LogP) is 3.64. The minimum Gasteiger partial charge on any atom is -0.491 e. The molecule has 1 aromatic rings. The second-order valence-corrected chi connectivity index (χ2v) is 9.72. The van der Waals surface area contributed by atoms with Crippen LogP contribution in [-0.2, 0) is 20.4 Å². The van der Waals surface area contributed by atoms with Gasteiger partial charge in [-0.15, -0.1) is 0 Å². The highest BCUT2D eigenvalue weighted by atomic mass is 19.4. The van der Waals surface area contributed by atoms with Gasteiger partial charge in [0.1, 0.15) is 24.6 Å². The number of alkyl halides is 3. The molecular formula is C26H35F3O7. The molecule has 1 saturated heterocycles. The Morgan fingerprint density at radius 2 is 1.97 bits per heavy atom. The Labute approximate surface area is 208 Å². The summed E-state index contributed by atoms with van der Waals surface area (Å²) in [4.78, 5) is 11.6. The molecule has 1 aromatic carbocycles. The third-order valence-corrected chi connectivity index (χ3v) is 6.51. The Balaban J connectivity index is 1.46. The van der Waals surface area contributed by atoms with E-state index in [1.807, 2.05) is 12.2 Å². The van der Waals surface area contributed by atoms with Gasteiger partial charge in [-0.3, -0.25) is 4.79 Å². The molecule has 0 bridgehead atoms. The van der Waals surface area contributed by atoms with E-state index in [1.54, 1.807) is 13.8 Å². The zero-order valence-corrected chi connectivity index (χ0v) is 20.4. The van der Waals surface area contributed by atoms with Gasteiger partial charge in [-0.25, -0.2) is 0 Å². The topological polar surface area (TPSA) is 109 Å². The first-order chi connectivity index (χ1) is 17.0. The van der Waals surface area contributed by atoms with Crippen molar-refractivity contribution in [2.75, 3.05) is 6.61 Å². The van der Waals surface area contributed by atoms with E-state index in [2.05, 4.69) is 0 Å². The molecule has 1 unspecified atom stereocenters. The van der Waals surface area contributed by atoms with Crippen LogP contribution < -0.4 is 4.74 Å². The molecule has 2 aliphatic rings. The number of allylic oxidation sites excluding steroid dienone is 2. The average molecular weight is 517 g/mol. The van der Waals surface area contributed by atoms with Crippen molar-refractivity contribution in [1.82, 2.24) is 0 Å². The summed E-state index contributed by atoms with van der Waals surface area (Å²) in [6, 6.07) is 4.41. The van der Waals surface area contributed by atoms with Crippen molar-refractivity contribution in [2.24, 2.45) is 11.8 Å². The van der Waals surface area contributed by atoms with Crippen LogP contribution in [0.25, 0.3) is 0 Å². The van der Waals surface area contributed by atoms with Gasteiger partial charge in [0, 0.05) is 12.3 Å². The number of ether oxygens (including phenoxy) is 3. The molecule has 0 spiro atoms. The fourth-order valence-electron chi connectivity index (χ4n) is 4.75. The molecule has 10 heteroatoms. The lowest BCUT2D eigenvalue weighted by Gasteiger charge is -2.21. The first-order valence-electron chi connectivity index (χ1n) is 12.3. The monoisotopic (exact) mass is 516 g/mol. The summed E-state index contributed by atoms with van der Waals surface area (Å²) in [5.41, 5.74) is -0.843. The molecule has 1 aliphatic carbocycles. The van der Waals surface area contributed by atoms with Gasteiger partial charge in [0.25, 0.3) is 0 Å². The number of aliphatic hydroxyl groups is 3. The molecule has 7 atom stereocenters. The summed E-state index contributed by atoms with van der Waals surface area (Å²) < 4.78 is 54.7. The van der Waals surface area contributed by atoms with E-state index in [9.17, 15) is 33.3 Å². The van der Waals surface area contributed by atoms with Gasteiger partial charge < -0.3 is 29.5 Å². The van der Waals surface area contributed by atoms with Crippen LogP contribution in [0.5, 0.6) is 5.75 Å². The summed E-state index contributed by atoms with van der Waals surface area (Å²) in [5.74, 6) is -0.911. The third-order valence-electron chi connectivity index (χ3n) is 6.51. The molecular weight excluding hydrogens is 481 g/mol. The third kappa shape index (κ3) is 7.93. The molecule has 3 N–H and O–H groups in total. The second-order valence-electron chi connectivity index (χ2n) is 9.72. The van der Waals surface area contributed by atoms with Crippen LogP contribution >= 0.6 is 0 Å². The Morgan fingerprint density at radius 1 is 1.22 bits per heavy atom. The van der Waals surface area contributed by atoms with E-state index in [0.717, 1.165) is 12.1 Å². The maximum atomic E-state index is 12.9. The van der Waals surface area contributed by atoms with Crippen molar-refractivity contribution in [2.45, 2.75) is 88.8 Å². The molecule has 0 radical (unpaired) electrons. The fourth-order valence-corrected chi connectivity index (χ4v) is 4.75. The molecule has 202 valence electrons. The standard InChI is InChI=1S/C26H35F3O7/c1-15(2)35-22(33)11-6-4-3-5-10-18-19(30)13-20(31)23(18)25-24(36-25)21(32)14-34-17-9-7-8-16(12-17)26(27,28)29/h3,5,7-9,12,15,18-21,23-25,30-32H,4,6,10-11,13-14H2,1-2H3/b5-3-/t18-,19-,20+,21-,23+,24?,25+/m1/s1. The summed E-state index contributed by atoms with van der Waals surface area (Å²) >= 11 is 0. The number of rotatable bonds is 12. The smallest absolute Gasteiger partial charge is 0.416 e. The second kappa shape index (κ2) is 12.4. The number of hydrogen-bond acceptors (Lipinski definition) is 7. The summed E-state index contributed by atoms with van der Waals surface area (Å²) in [6.07, 6.45) is -2.18. The van der Waals surface area contributed by atoms with Crippen LogP contribution in [0.2, 0.25) is 0 Å².